The smallest absolute Gasteiger partial charge is 0.449 e. The molecule has 86 valence electrons. The van der Waals surface area contributed by atoms with Crippen molar-refractivity contribution in [2.75, 3.05) is 12.8 Å². The Hall–Kier alpha value is -0.600. The van der Waals surface area contributed by atoms with E-state index in [4.69, 9.17) is 9.94 Å². The Morgan fingerprint density at radius 3 is 2.87 bits per heavy atom. The SMILES string of the molecule is CSN(S)C(=O)ON1CCC[C@H]1C(=O)O. The van der Waals surface area contributed by atoms with Crippen LogP contribution in [0, 0.1) is 0 Å². The first-order chi connectivity index (χ1) is 7.06. The maximum absolute atomic E-state index is 11.3. The Bertz CT molecular complexity index is 263. The number of aliphatic carboxylic acids is 1. The van der Waals surface area contributed by atoms with Gasteiger partial charge in [-0.2, -0.15) is 3.71 Å². The molecule has 1 saturated heterocycles. The number of nitrogens with zero attached hydrogens (tertiary/aromatic N) is 2. The lowest BCUT2D eigenvalue weighted by Gasteiger charge is -2.21. The van der Waals surface area contributed by atoms with Gasteiger partial charge in [0.25, 0.3) is 0 Å². The lowest BCUT2D eigenvalue weighted by atomic mass is 10.2. The number of carboxylic acids is 1. The lowest BCUT2D eigenvalue weighted by Crippen LogP contribution is -2.39. The highest BCUT2D eigenvalue weighted by molar-refractivity contribution is 8.05. The molecule has 1 aliphatic heterocycles. The summed E-state index contributed by atoms with van der Waals surface area (Å²) in [6.07, 6.45) is 2.18. The second-order valence-electron chi connectivity index (χ2n) is 2.95. The van der Waals surface area contributed by atoms with Gasteiger partial charge in [0.1, 0.15) is 6.04 Å². The van der Waals surface area contributed by atoms with E-state index in [1.54, 1.807) is 6.26 Å². The van der Waals surface area contributed by atoms with Crippen molar-refractivity contribution in [3.63, 3.8) is 0 Å². The van der Waals surface area contributed by atoms with Gasteiger partial charge in [-0.25, -0.2) is 4.79 Å². The molecule has 0 aromatic heterocycles. The van der Waals surface area contributed by atoms with Crippen molar-refractivity contribution in [3.8, 4) is 0 Å². The van der Waals surface area contributed by atoms with Crippen LogP contribution in [-0.2, 0) is 9.63 Å². The molecule has 0 aromatic carbocycles. The van der Waals surface area contributed by atoms with Crippen LogP contribution in [0.1, 0.15) is 12.8 Å². The molecule has 0 bridgehead atoms. The van der Waals surface area contributed by atoms with Gasteiger partial charge in [-0.15, -0.1) is 5.06 Å². The third-order valence-corrected chi connectivity index (χ3v) is 3.16. The summed E-state index contributed by atoms with van der Waals surface area (Å²) in [5.41, 5.74) is 0. The summed E-state index contributed by atoms with van der Waals surface area (Å²) in [6.45, 7) is 0.443. The molecule has 15 heavy (non-hydrogen) atoms. The lowest BCUT2D eigenvalue weighted by molar-refractivity contribution is -0.161. The summed E-state index contributed by atoms with van der Waals surface area (Å²) >= 11 is 4.90. The molecule has 6 nitrogen and oxygen atoms in total. The fourth-order valence-electron chi connectivity index (χ4n) is 1.31. The van der Waals surface area contributed by atoms with Gasteiger partial charge in [-0.1, -0.05) is 0 Å². The van der Waals surface area contributed by atoms with E-state index in [1.807, 2.05) is 0 Å². The van der Waals surface area contributed by atoms with Crippen LogP contribution in [0.15, 0.2) is 0 Å². The Labute approximate surface area is 97.2 Å². The standard InChI is InChI=1S/C7H12N2O4S2/c1-15-9(14)7(12)13-8-4-2-3-5(8)6(10)11/h5,14H,2-4H2,1H3,(H,10,11)/t5-/m0/s1. The first-order valence-corrected chi connectivity index (χ1v) is 5.89. The molecule has 1 fully saturated rings. The minimum atomic E-state index is -0.977. The first kappa shape index (κ1) is 12.5. The van der Waals surface area contributed by atoms with E-state index in [0.717, 1.165) is 15.7 Å². The molecular weight excluding hydrogens is 240 g/mol. The van der Waals surface area contributed by atoms with E-state index in [2.05, 4.69) is 12.8 Å². The van der Waals surface area contributed by atoms with Crippen molar-refractivity contribution in [1.29, 1.82) is 0 Å². The molecule has 8 heteroatoms. The van der Waals surface area contributed by atoms with E-state index >= 15 is 0 Å². The van der Waals surface area contributed by atoms with Gasteiger partial charge >= 0.3 is 12.1 Å². The predicted octanol–water partition coefficient (Wildman–Crippen LogP) is 1.01. The summed E-state index contributed by atoms with van der Waals surface area (Å²) in [5.74, 6) is -0.977. The van der Waals surface area contributed by atoms with Crippen molar-refractivity contribution >= 4 is 36.8 Å². The minimum Gasteiger partial charge on any atom is -0.480 e. The van der Waals surface area contributed by atoms with Gasteiger partial charge in [0, 0.05) is 12.8 Å². The number of carboxylic acid groups (broad SMARTS) is 1. The van der Waals surface area contributed by atoms with Gasteiger partial charge < -0.3 is 9.94 Å². The normalized spacial score (nSPS) is 21.3. The molecule has 0 saturated carbocycles. The van der Waals surface area contributed by atoms with Gasteiger partial charge in [0.05, 0.1) is 0 Å². The Morgan fingerprint density at radius 2 is 2.33 bits per heavy atom. The number of hydrogen-bond donors (Lipinski definition) is 2. The van der Waals surface area contributed by atoms with E-state index < -0.39 is 18.1 Å². The van der Waals surface area contributed by atoms with Crippen LogP contribution in [0.4, 0.5) is 4.79 Å². The van der Waals surface area contributed by atoms with E-state index in [9.17, 15) is 9.59 Å². The number of amides is 1. The zero-order chi connectivity index (χ0) is 11.4. The van der Waals surface area contributed by atoms with Crippen LogP contribution in [0.2, 0.25) is 0 Å². The van der Waals surface area contributed by atoms with Crippen LogP contribution >= 0.6 is 24.8 Å². The summed E-state index contributed by atoms with van der Waals surface area (Å²) in [7, 11) is 0. The number of rotatable bonds is 3. The van der Waals surface area contributed by atoms with Crippen molar-refractivity contribution in [2.24, 2.45) is 0 Å². The monoisotopic (exact) mass is 252 g/mol. The van der Waals surface area contributed by atoms with Gasteiger partial charge in [-0.3, -0.25) is 4.79 Å². The summed E-state index contributed by atoms with van der Waals surface area (Å²) < 4.78 is 0.997. The van der Waals surface area contributed by atoms with Crippen LogP contribution in [0.25, 0.3) is 0 Å². The highest BCUT2D eigenvalue weighted by atomic mass is 32.2. The van der Waals surface area contributed by atoms with Crippen LogP contribution in [0.5, 0.6) is 0 Å². The molecule has 1 amide bonds. The molecule has 1 rings (SSSR count). The second kappa shape index (κ2) is 5.47. The molecule has 0 aliphatic carbocycles. The first-order valence-electron chi connectivity index (χ1n) is 4.30. The minimum absolute atomic E-state index is 0.443. The quantitative estimate of drug-likeness (QED) is 0.577. The highest BCUT2D eigenvalue weighted by Gasteiger charge is 2.34. The van der Waals surface area contributed by atoms with Crippen molar-refractivity contribution < 1.29 is 19.5 Å². The van der Waals surface area contributed by atoms with E-state index in [-0.39, 0.29) is 0 Å². The molecular formula is C7H12N2O4S2. The molecule has 1 aliphatic rings. The third kappa shape index (κ3) is 3.18. The Morgan fingerprint density at radius 1 is 1.67 bits per heavy atom. The number of carbonyl (C=O) groups excluding carboxylic acids is 1. The van der Waals surface area contributed by atoms with Gasteiger partial charge in [-0.05, 0) is 37.6 Å². The zero-order valence-corrected chi connectivity index (χ0v) is 9.83. The molecule has 0 aromatic rings. The number of hydrogen-bond acceptors (Lipinski definition) is 6. The van der Waals surface area contributed by atoms with E-state index in [1.165, 1.54) is 5.06 Å². The number of carbonyl (C=O) groups is 2. The topological polar surface area (TPSA) is 70.1 Å². The highest BCUT2D eigenvalue weighted by Crippen LogP contribution is 2.20. The molecule has 1 atom stereocenters. The molecule has 0 spiro atoms. The van der Waals surface area contributed by atoms with Crippen molar-refractivity contribution in [1.82, 2.24) is 8.77 Å². The number of hydroxylamine groups is 2. The Kier molecular flexibility index (Phi) is 4.55. The second-order valence-corrected chi connectivity index (χ2v) is 4.35. The molecule has 0 radical (unpaired) electrons. The molecule has 1 heterocycles. The zero-order valence-electron chi connectivity index (χ0n) is 8.12. The van der Waals surface area contributed by atoms with Crippen LogP contribution < -0.4 is 0 Å². The van der Waals surface area contributed by atoms with E-state index in [0.29, 0.717) is 19.4 Å². The molecule has 0 unspecified atom stereocenters. The predicted molar refractivity (Wildman–Crippen MR) is 58.2 cm³/mol. The van der Waals surface area contributed by atoms with Crippen LogP contribution in [0.3, 0.4) is 0 Å². The number of thiol groups is 1. The maximum Gasteiger partial charge on any atom is 0.449 e. The average molecular weight is 252 g/mol. The summed E-state index contributed by atoms with van der Waals surface area (Å²) in [5, 5.41) is 10.0. The van der Waals surface area contributed by atoms with Crippen LogP contribution in [-0.4, -0.2) is 44.8 Å². The average Bonchev–Trinajstić information content (AvgIpc) is 2.64. The fourth-order valence-corrected chi connectivity index (χ4v) is 1.52. The largest absolute Gasteiger partial charge is 0.480 e. The Balaban J connectivity index is 2.50. The van der Waals surface area contributed by atoms with Crippen molar-refractivity contribution in [3.05, 3.63) is 0 Å². The van der Waals surface area contributed by atoms with Crippen molar-refractivity contribution in [2.45, 2.75) is 18.9 Å². The van der Waals surface area contributed by atoms with Gasteiger partial charge in [0.15, 0.2) is 0 Å². The third-order valence-electron chi connectivity index (χ3n) is 2.01. The summed E-state index contributed by atoms with van der Waals surface area (Å²) in [4.78, 5) is 26.9. The fraction of sp³-hybridized carbons (Fsp3) is 0.714. The summed E-state index contributed by atoms with van der Waals surface area (Å²) in [6, 6.07) is -0.738. The van der Waals surface area contributed by atoms with Gasteiger partial charge in [0.2, 0.25) is 0 Å². The maximum atomic E-state index is 11.3. The molecule has 1 N–H and O–H groups in total.